The first kappa shape index (κ1) is 16.2. The predicted octanol–water partition coefficient (Wildman–Crippen LogP) is 1.52. The molecule has 0 aliphatic heterocycles. The van der Waals surface area contributed by atoms with Crippen LogP contribution >= 0.6 is 0 Å². The van der Waals surface area contributed by atoms with Crippen molar-refractivity contribution >= 4 is 17.5 Å². The summed E-state index contributed by atoms with van der Waals surface area (Å²) in [4.78, 5) is 23.7. The molecular formula is C15H23N3O2. The molecule has 2 amide bonds. The molecule has 0 fully saturated rings. The molecule has 2 atom stereocenters. The number of rotatable bonds is 7. The molecule has 2 unspecified atom stereocenters. The van der Waals surface area contributed by atoms with Gasteiger partial charge in [-0.05, 0) is 32.4 Å². The first-order valence-corrected chi connectivity index (χ1v) is 6.94. The minimum atomic E-state index is -0.447. The van der Waals surface area contributed by atoms with Crippen molar-refractivity contribution in [3.63, 3.8) is 0 Å². The number of amides is 2. The summed E-state index contributed by atoms with van der Waals surface area (Å²) in [5.74, 6) is -0.252. The highest BCUT2D eigenvalue weighted by Crippen LogP contribution is 2.05. The fraction of sp³-hybridized carbons (Fsp3) is 0.467. The molecule has 5 heteroatoms. The highest BCUT2D eigenvalue weighted by molar-refractivity contribution is 5.95. The van der Waals surface area contributed by atoms with E-state index in [1.165, 1.54) is 0 Å². The second-order valence-electron chi connectivity index (χ2n) is 4.76. The van der Waals surface area contributed by atoms with E-state index in [4.69, 9.17) is 0 Å². The van der Waals surface area contributed by atoms with Crippen LogP contribution in [0.1, 0.15) is 27.2 Å². The lowest BCUT2D eigenvalue weighted by atomic mass is 10.2. The van der Waals surface area contributed by atoms with Gasteiger partial charge < -0.3 is 10.6 Å². The van der Waals surface area contributed by atoms with E-state index >= 15 is 0 Å². The zero-order valence-electron chi connectivity index (χ0n) is 12.3. The second kappa shape index (κ2) is 8.32. The van der Waals surface area contributed by atoms with Gasteiger partial charge in [0.1, 0.15) is 0 Å². The van der Waals surface area contributed by atoms with Crippen molar-refractivity contribution in [1.29, 1.82) is 0 Å². The van der Waals surface area contributed by atoms with Gasteiger partial charge in [-0.15, -0.1) is 0 Å². The van der Waals surface area contributed by atoms with E-state index in [1.54, 1.807) is 13.8 Å². The Balaban J connectivity index is 2.43. The summed E-state index contributed by atoms with van der Waals surface area (Å²) in [5, 5.41) is 8.57. The molecule has 1 rings (SSSR count). The van der Waals surface area contributed by atoms with Crippen LogP contribution in [0.2, 0.25) is 0 Å². The van der Waals surface area contributed by atoms with Gasteiger partial charge in [-0.2, -0.15) is 0 Å². The molecule has 0 saturated heterocycles. The number of benzene rings is 1. The van der Waals surface area contributed by atoms with Gasteiger partial charge >= 0.3 is 0 Å². The Morgan fingerprint density at radius 1 is 1.05 bits per heavy atom. The van der Waals surface area contributed by atoms with Gasteiger partial charge in [0.15, 0.2) is 0 Å². The Labute approximate surface area is 120 Å². The van der Waals surface area contributed by atoms with E-state index in [-0.39, 0.29) is 11.8 Å². The second-order valence-corrected chi connectivity index (χ2v) is 4.76. The quantitative estimate of drug-likeness (QED) is 0.707. The Kier molecular flexibility index (Phi) is 6.73. The number of hydrogen-bond acceptors (Lipinski definition) is 3. The van der Waals surface area contributed by atoms with Crippen molar-refractivity contribution in [3.8, 4) is 0 Å². The third kappa shape index (κ3) is 5.40. The molecule has 5 nitrogen and oxygen atoms in total. The van der Waals surface area contributed by atoms with Crippen molar-refractivity contribution in [3.05, 3.63) is 30.3 Å². The number of nitrogens with one attached hydrogen (secondary N) is 3. The lowest BCUT2D eigenvalue weighted by Crippen LogP contribution is -2.49. The lowest BCUT2D eigenvalue weighted by molar-refractivity contribution is -0.123. The molecule has 0 saturated carbocycles. The van der Waals surface area contributed by atoms with E-state index < -0.39 is 12.1 Å². The van der Waals surface area contributed by atoms with Crippen LogP contribution in [-0.2, 0) is 9.59 Å². The fourth-order valence-corrected chi connectivity index (χ4v) is 1.70. The molecule has 0 heterocycles. The first-order chi connectivity index (χ1) is 9.54. The maximum Gasteiger partial charge on any atom is 0.241 e. The minimum absolute atomic E-state index is 0.0915. The van der Waals surface area contributed by atoms with Gasteiger partial charge in [0.25, 0.3) is 0 Å². The van der Waals surface area contributed by atoms with Gasteiger partial charge in [0.2, 0.25) is 11.8 Å². The molecule has 1 aromatic rings. The van der Waals surface area contributed by atoms with E-state index in [0.717, 1.165) is 12.1 Å². The molecular weight excluding hydrogens is 254 g/mol. The molecule has 0 aliphatic carbocycles. The standard InChI is InChI=1S/C15H23N3O2/c1-4-10-16-14(19)11(2)17-12(3)15(20)18-13-8-6-5-7-9-13/h5-9,11-12,17H,4,10H2,1-3H3,(H,16,19)(H,18,20). The molecule has 0 aliphatic rings. The Morgan fingerprint density at radius 2 is 1.65 bits per heavy atom. The van der Waals surface area contributed by atoms with Gasteiger partial charge in [0.05, 0.1) is 12.1 Å². The Hall–Kier alpha value is -1.88. The van der Waals surface area contributed by atoms with E-state index in [1.807, 2.05) is 37.3 Å². The van der Waals surface area contributed by atoms with Crippen molar-refractivity contribution in [2.45, 2.75) is 39.3 Å². The normalized spacial score (nSPS) is 13.3. The van der Waals surface area contributed by atoms with Crippen molar-refractivity contribution in [2.75, 3.05) is 11.9 Å². The zero-order chi connectivity index (χ0) is 15.0. The van der Waals surface area contributed by atoms with Crippen LogP contribution in [0.4, 0.5) is 5.69 Å². The maximum atomic E-state index is 12.0. The number of carbonyl (C=O) groups is 2. The van der Waals surface area contributed by atoms with Crippen molar-refractivity contribution < 1.29 is 9.59 Å². The van der Waals surface area contributed by atoms with Gasteiger partial charge in [-0.25, -0.2) is 0 Å². The molecule has 3 N–H and O–H groups in total. The summed E-state index contributed by atoms with van der Waals surface area (Å²) in [6.45, 7) is 6.13. The number of para-hydroxylation sites is 1. The zero-order valence-corrected chi connectivity index (χ0v) is 12.3. The van der Waals surface area contributed by atoms with Crippen LogP contribution < -0.4 is 16.0 Å². The van der Waals surface area contributed by atoms with E-state index in [2.05, 4.69) is 16.0 Å². The molecule has 110 valence electrons. The minimum Gasteiger partial charge on any atom is -0.355 e. The van der Waals surface area contributed by atoms with Gasteiger partial charge in [0, 0.05) is 12.2 Å². The fourth-order valence-electron chi connectivity index (χ4n) is 1.70. The summed E-state index contributed by atoms with van der Waals surface area (Å²) < 4.78 is 0. The topological polar surface area (TPSA) is 70.2 Å². The Bertz CT molecular complexity index is 434. The van der Waals surface area contributed by atoms with Crippen LogP contribution in [0.25, 0.3) is 0 Å². The third-order valence-electron chi connectivity index (χ3n) is 2.88. The van der Waals surface area contributed by atoms with Crippen molar-refractivity contribution in [2.24, 2.45) is 0 Å². The SMILES string of the molecule is CCCNC(=O)C(C)NC(C)C(=O)Nc1ccccc1. The van der Waals surface area contributed by atoms with Crippen LogP contribution in [0, 0.1) is 0 Å². The number of hydrogen-bond donors (Lipinski definition) is 3. The predicted molar refractivity (Wildman–Crippen MR) is 80.4 cm³/mol. The highest BCUT2D eigenvalue weighted by Gasteiger charge is 2.19. The molecule has 1 aromatic carbocycles. The smallest absolute Gasteiger partial charge is 0.241 e. The molecule has 0 aromatic heterocycles. The average Bonchev–Trinajstić information content (AvgIpc) is 2.45. The summed E-state index contributed by atoms with van der Waals surface area (Å²) >= 11 is 0. The maximum absolute atomic E-state index is 12.0. The molecule has 0 spiro atoms. The summed E-state index contributed by atoms with van der Waals surface area (Å²) in [7, 11) is 0. The first-order valence-electron chi connectivity index (χ1n) is 6.94. The summed E-state index contributed by atoms with van der Waals surface area (Å²) in [5.41, 5.74) is 0.745. The van der Waals surface area contributed by atoms with E-state index in [9.17, 15) is 9.59 Å². The average molecular weight is 277 g/mol. The monoisotopic (exact) mass is 277 g/mol. The number of carbonyl (C=O) groups excluding carboxylic acids is 2. The van der Waals surface area contributed by atoms with Crippen LogP contribution in [0.3, 0.4) is 0 Å². The largest absolute Gasteiger partial charge is 0.355 e. The van der Waals surface area contributed by atoms with Crippen LogP contribution in [-0.4, -0.2) is 30.4 Å². The van der Waals surface area contributed by atoms with E-state index in [0.29, 0.717) is 6.54 Å². The number of anilines is 1. The van der Waals surface area contributed by atoms with Gasteiger partial charge in [-0.1, -0.05) is 25.1 Å². The molecule has 0 bridgehead atoms. The van der Waals surface area contributed by atoms with Crippen molar-refractivity contribution in [1.82, 2.24) is 10.6 Å². The molecule has 20 heavy (non-hydrogen) atoms. The summed E-state index contributed by atoms with van der Waals surface area (Å²) in [6.07, 6.45) is 0.891. The van der Waals surface area contributed by atoms with Gasteiger partial charge in [-0.3, -0.25) is 14.9 Å². The van der Waals surface area contributed by atoms with Crippen LogP contribution in [0.5, 0.6) is 0 Å². The molecule has 0 radical (unpaired) electrons. The van der Waals surface area contributed by atoms with Crippen LogP contribution in [0.15, 0.2) is 30.3 Å². The highest BCUT2D eigenvalue weighted by atomic mass is 16.2. The summed E-state index contributed by atoms with van der Waals surface area (Å²) in [6, 6.07) is 8.39. The third-order valence-corrected chi connectivity index (χ3v) is 2.88. The lowest BCUT2D eigenvalue weighted by Gasteiger charge is -2.19. The Morgan fingerprint density at radius 3 is 2.25 bits per heavy atom.